The first-order chi connectivity index (χ1) is 9.63. The Kier molecular flexibility index (Phi) is 3.67. The van der Waals surface area contributed by atoms with Gasteiger partial charge in [-0.15, -0.1) is 0 Å². The zero-order chi connectivity index (χ0) is 14.2. The zero-order valence-electron chi connectivity index (χ0n) is 12.4. The van der Waals surface area contributed by atoms with Gasteiger partial charge >= 0.3 is 0 Å². The van der Waals surface area contributed by atoms with E-state index in [2.05, 4.69) is 11.9 Å². The van der Waals surface area contributed by atoms with Gasteiger partial charge in [-0.05, 0) is 51.4 Å². The standard InChI is InChI=1S/C16H24N2O2/c1-3-20-16(8-6-11(2)7-9-16)15-17-13(12-4-5-12)10-14(19)18-15/h10-12H,3-9H2,1-2H3,(H,17,18,19). The normalized spacial score (nSPS) is 30.4. The van der Waals surface area contributed by atoms with E-state index in [0.29, 0.717) is 12.5 Å². The lowest BCUT2D eigenvalue weighted by atomic mass is 9.78. The molecule has 0 unspecified atom stereocenters. The smallest absolute Gasteiger partial charge is 0.251 e. The van der Waals surface area contributed by atoms with Gasteiger partial charge < -0.3 is 9.72 Å². The van der Waals surface area contributed by atoms with E-state index in [-0.39, 0.29) is 11.2 Å². The molecule has 1 aromatic heterocycles. The van der Waals surface area contributed by atoms with Crippen molar-refractivity contribution in [3.63, 3.8) is 0 Å². The third kappa shape index (κ3) is 2.66. The second-order valence-corrected chi connectivity index (χ2v) is 6.40. The molecule has 0 aliphatic heterocycles. The van der Waals surface area contributed by atoms with Crippen LogP contribution in [0.25, 0.3) is 0 Å². The van der Waals surface area contributed by atoms with E-state index in [1.807, 2.05) is 6.92 Å². The second-order valence-electron chi connectivity index (χ2n) is 6.40. The van der Waals surface area contributed by atoms with Crippen molar-refractivity contribution in [1.29, 1.82) is 0 Å². The van der Waals surface area contributed by atoms with Crippen molar-refractivity contribution in [2.24, 2.45) is 5.92 Å². The van der Waals surface area contributed by atoms with E-state index in [0.717, 1.165) is 56.0 Å². The maximum absolute atomic E-state index is 11.9. The van der Waals surface area contributed by atoms with Crippen LogP contribution in [0.15, 0.2) is 10.9 Å². The predicted octanol–water partition coefficient (Wildman–Crippen LogP) is 3.09. The molecular weight excluding hydrogens is 252 g/mol. The van der Waals surface area contributed by atoms with Gasteiger partial charge in [0, 0.05) is 18.6 Å². The highest BCUT2D eigenvalue weighted by Gasteiger charge is 2.39. The number of aromatic amines is 1. The summed E-state index contributed by atoms with van der Waals surface area (Å²) in [5, 5.41) is 0. The Morgan fingerprint density at radius 3 is 2.65 bits per heavy atom. The molecule has 4 heteroatoms. The van der Waals surface area contributed by atoms with Gasteiger partial charge in [-0.2, -0.15) is 0 Å². The fourth-order valence-corrected chi connectivity index (χ4v) is 3.23. The molecule has 110 valence electrons. The predicted molar refractivity (Wildman–Crippen MR) is 77.8 cm³/mol. The number of hydrogen-bond donors (Lipinski definition) is 1. The summed E-state index contributed by atoms with van der Waals surface area (Å²) in [6, 6.07) is 1.66. The monoisotopic (exact) mass is 276 g/mol. The fraction of sp³-hybridized carbons (Fsp3) is 0.750. The first kappa shape index (κ1) is 13.8. The Morgan fingerprint density at radius 2 is 2.05 bits per heavy atom. The molecule has 0 atom stereocenters. The average Bonchev–Trinajstić information content (AvgIpc) is 3.26. The van der Waals surface area contributed by atoms with Crippen molar-refractivity contribution < 1.29 is 4.74 Å². The lowest BCUT2D eigenvalue weighted by molar-refractivity contribution is -0.0839. The van der Waals surface area contributed by atoms with Gasteiger partial charge in [0.05, 0.1) is 5.69 Å². The highest BCUT2D eigenvalue weighted by atomic mass is 16.5. The molecule has 2 aliphatic rings. The van der Waals surface area contributed by atoms with E-state index in [4.69, 9.17) is 9.72 Å². The van der Waals surface area contributed by atoms with E-state index >= 15 is 0 Å². The highest BCUT2D eigenvalue weighted by Crippen LogP contribution is 2.43. The minimum Gasteiger partial charge on any atom is -0.367 e. The van der Waals surface area contributed by atoms with E-state index in [1.165, 1.54) is 0 Å². The molecule has 1 heterocycles. The number of aromatic nitrogens is 2. The molecule has 20 heavy (non-hydrogen) atoms. The molecule has 0 amide bonds. The third-order valence-corrected chi connectivity index (χ3v) is 4.69. The van der Waals surface area contributed by atoms with Gasteiger partial charge in [0.15, 0.2) is 0 Å². The molecule has 2 fully saturated rings. The third-order valence-electron chi connectivity index (χ3n) is 4.69. The number of rotatable bonds is 4. The first-order valence-electron chi connectivity index (χ1n) is 7.88. The van der Waals surface area contributed by atoms with Crippen molar-refractivity contribution in [1.82, 2.24) is 9.97 Å². The van der Waals surface area contributed by atoms with E-state index in [1.54, 1.807) is 6.07 Å². The molecule has 4 nitrogen and oxygen atoms in total. The van der Waals surface area contributed by atoms with Crippen LogP contribution >= 0.6 is 0 Å². The molecule has 1 aromatic rings. The van der Waals surface area contributed by atoms with Crippen molar-refractivity contribution in [3.05, 3.63) is 27.9 Å². The van der Waals surface area contributed by atoms with Crippen molar-refractivity contribution in [3.8, 4) is 0 Å². The SMILES string of the molecule is CCOC1(c2nc(C3CC3)cc(=O)[nH]2)CCC(C)CC1. The van der Waals surface area contributed by atoms with Gasteiger partial charge in [0.25, 0.3) is 5.56 Å². The summed E-state index contributed by atoms with van der Waals surface area (Å²) in [5.74, 6) is 2.00. The lowest BCUT2D eigenvalue weighted by Gasteiger charge is -2.38. The largest absolute Gasteiger partial charge is 0.367 e. The van der Waals surface area contributed by atoms with Crippen LogP contribution in [0.3, 0.4) is 0 Å². The van der Waals surface area contributed by atoms with Crippen molar-refractivity contribution >= 4 is 0 Å². The summed E-state index contributed by atoms with van der Waals surface area (Å²) in [6.07, 6.45) is 6.51. The Labute approximate surface area is 120 Å². The molecular formula is C16H24N2O2. The average molecular weight is 276 g/mol. The maximum atomic E-state index is 11.9. The minimum atomic E-state index is -0.370. The van der Waals surface area contributed by atoms with Crippen molar-refractivity contribution in [2.75, 3.05) is 6.61 Å². The lowest BCUT2D eigenvalue weighted by Crippen LogP contribution is -2.38. The van der Waals surface area contributed by atoms with Crippen molar-refractivity contribution in [2.45, 2.75) is 63.9 Å². The summed E-state index contributed by atoms with van der Waals surface area (Å²) in [5.41, 5.74) is 0.557. The summed E-state index contributed by atoms with van der Waals surface area (Å²) < 4.78 is 6.08. The van der Waals surface area contributed by atoms with Crippen LogP contribution in [0.5, 0.6) is 0 Å². The Balaban J connectivity index is 1.96. The maximum Gasteiger partial charge on any atom is 0.251 e. The number of nitrogens with zero attached hydrogens (tertiary/aromatic N) is 1. The second kappa shape index (κ2) is 5.32. The molecule has 2 aliphatic carbocycles. The number of nitrogens with one attached hydrogen (secondary N) is 1. The van der Waals surface area contributed by atoms with Crippen LogP contribution in [0.1, 0.15) is 69.8 Å². The summed E-state index contributed by atoms with van der Waals surface area (Å²) in [4.78, 5) is 19.6. The quantitative estimate of drug-likeness (QED) is 0.919. The van der Waals surface area contributed by atoms with Gasteiger partial charge in [-0.25, -0.2) is 4.98 Å². The summed E-state index contributed by atoms with van der Waals surface area (Å²) in [7, 11) is 0. The fourth-order valence-electron chi connectivity index (χ4n) is 3.23. The summed E-state index contributed by atoms with van der Waals surface area (Å²) in [6.45, 7) is 4.96. The van der Waals surface area contributed by atoms with Gasteiger partial charge in [0.1, 0.15) is 11.4 Å². The Bertz CT molecular complexity index is 526. The van der Waals surface area contributed by atoms with Crippen LogP contribution in [-0.2, 0) is 10.3 Å². The Hall–Kier alpha value is -1.16. The highest BCUT2D eigenvalue weighted by molar-refractivity contribution is 5.17. The zero-order valence-corrected chi connectivity index (χ0v) is 12.4. The van der Waals surface area contributed by atoms with Crippen LogP contribution in [0.4, 0.5) is 0 Å². The molecule has 0 spiro atoms. The van der Waals surface area contributed by atoms with Gasteiger partial charge in [-0.3, -0.25) is 4.79 Å². The molecule has 0 bridgehead atoms. The van der Waals surface area contributed by atoms with E-state index < -0.39 is 0 Å². The molecule has 0 saturated heterocycles. The van der Waals surface area contributed by atoms with Gasteiger partial charge in [0.2, 0.25) is 0 Å². The molecule has 3 rings (SSSR count). The molecule has 0 aromatic carbocycles. The molecule has 1 N–H and O–H groups in total. The molecule has 0 radical (unpaired) electrons. The number of hydrogen-bond acceptors (Lipinski definition) is 3. The van der Waals surface area contributed by atoms with Crippen LogP contribution in [0, 0.1) is 5.92 Å². The van der Waals surface area contributed by atoms with Crippen LogP contribution in [-0.4, -0.2) is 16.6 Å². The topological polar surface area (TPSA) is 55.0 Å². The number of ether oxygens (including phenoxy) is 1. The first-order valence-corrected chi connectivity index (χ1v) is 7.88. The van der Waals surface area contributed by atoms with Gasteiger partial charge in [-0.1, -0.05) is 6.92 Å². The van der Waals surface area contributed by atoms with Crippen LogP contribution in [0.2, 0.25) is 0 Å². The Morgan fingerprint density at radius 1 is 1.35 bits per heavy atom. The number of H-pyrrole nitrogens is 1. The van der Waals surface area contributed by atoms with Crippen LogP contribution < -0.4 is 5.56 Å². The minimum absolute atomic E-state index is 0.0328. The molecule has 2 saturated carbocycles. The summed E-state index contributed by atoms with van der Waals surface area (Å²) >= 11 is 0. The van der Waals surface area contributed by atoms with E-state index in [9.17, 15) is 4.79 Å².